The fraction of sp³-hybridized carbons (Fsp3) is 0.850. The predicted molar refractivity (Wildman–Crippen MR) is 96.9 cm³/mol. The lowest BCUT2D eigenvalue weighted by atomic mass is 9.92. The van der Waals surface area contributed by atoms with Crippen molar-refractivity contribution in [1.29, 1.82) is 0 Å². The normalized spacial score (nSPS) is 23.7. The van der Waals surface area contributed by atoms with Gasteiger partial charge in [-0.05, 0) is 38.5 Å². The summed E-state index contributed by atoms with van der Waals surface area (Å²) in [5.41, 5.74) is 1.32. The number of aliphatic hydroxyl groups excluding tert-OH is 2. The molecule has 0 bridgehead atoms. The van der Waals surface area contributed by atoms with E-state index in [1.807, 2.05) is 0 Å². The molecular weight excluding hydrogens is 304 g/mol. The summed E-state index contributed by atoms with van der Waals surface area (Å²) in [7, 11) is 0. The van der Waals surface area contributed by atoms with Crippen LogP contribution in [0, 0.1) is 5.92 Å². The summed E-state index contributed by atoms with van der Waals surface area (Å²) in [6.07, 6.45) is 13.5. The zero-order valence-corrected chi connectivity index (χ0v) is 15.3. The molecule has 3 atom stereocenters. The second-order valence-electron chi connectivity index (χ2n) is 7.22. The smallest absolute Gasteiger partial charge is 0.303 e. The number of aliphatic carboxylic acids is 1. The third kappa shape index (κ3) is 8.84. The lowest BCUT2D eigenvalue weighted by Gasteiger charge is -2.17. The number of carboxylic acids is 1. The van der Waals surface area contributed by atoms with Gasteiger partial charge < -0.3 is 15.3 Å². The lowest BCUT2D eigenvalue weighted by molar-refractivity contribution is -0.137. The Morgan fingerprint density at radius 3 is 2.67 bits per heavy atom. The van der Waals surface area contributed by atoms with Crippen molar-refractivity contribution in [2.75, 3.05) is 0 Å². The Morgan fingerprint density at radius 2 is 1.96 bits per heavy atom. The summed E-state index contributed by atoms with van der Waals surface area (Å²) in [4.78, 5) is 10.5. The first-order valence-electron chi connectivity index (χ1n) is 9.81. The summed E-state index contributed by atoms with van der Waals surface area (Å²) < 4.78 is 0. The van der Waals surface area contributed by atoms with Crippen molar-refractivity contribution >= 4 is 5.97 Å². The van der Waals surface area contributed by atoms with Gasteiger partial charge in [-0.1, -0.05) is 57.1 Å². The highest BCUT2D eigenvalue weighted by Crippen LogP contribution is 2.35. The summed E-state index contributed by atoms with van der Waals surface area (Å²) in [5.74, 6) is -0.476. The molecule has 0 spiro atoms. The first-order chi connectivity index (χ1) is 11.5. The molecule has 0 amide bonds. The minimum absolute atomic E-state index is 0.243. The largest absolute Gasteiger partial charge is 0.481 e. The van der Waals surface area contributed by atoms with Crippen molar-refractivity contribution in [2.45, 2.75) is 103 Å². The van der Waals surface area contributed by atoms with Gasteiger partial charge in [0, 0.05) is 12.3 Å². The molecule has 1 fully saturated rings. The summed E-state index contributed by atoms with van der Waals surface area (Å²) in [6.45, 7) is 2.17. The van der Waals surface area contributed by atoms with Gasteiger partial charge in [0.05, 0.1) is 12.2 Å². The van der Waals surface area contributed by atoms with Crippen molar-refractivity contribution < 1.29 is 20.1 Å². The topological polar surface area (TPSA) is 77.8 Å². The van der Waals surface area contributed by atoms with Crippen LogP contribution in [0.1, 0.15) is 90.4 Å². The molecule has 1 aliphatic carbocycles. The standard InChI is InChI=1S/C20H36O4/c1-2-3-6-9-17(21)14-12-16-13-15-19(22)18(16)10-7-4-5-8-11-20(23)24/h12,17-19,21-22H,2-11,13-15H2,1H3,(H,23,24)/t17?,18-,19?/m1/s1. The number of rotatable bonds is 13. The zero-order valence-electron chi connectivity index (χ0n) is 15.3. The van der Waals surface area contributed by atoms with E-state index in [2.05, 4.69) is 13.0 Å². The van der Waals surface area contributed by atoms with Gasteiger partial charge in [-0.15, -0.1) is 0 Å². The number of aliphatic hydroxyl groups is 2. The average molecular weight is 341 g/mol. The molecule has 3 N–H and O–H groups in total. The number of carboxylic acid groups (broad SMARTS) is 1. The van der Waals surface area contributed by atoms with Crippen molar-refractivity contribution in [3.63, 3.8) is 0 Å². The molecule has 4 heteroatoms. The second kappa shape index (κ2) is 12.5. The Morgan fingerprint density at radius 1 is 1.21 bits per heavy atom. The molecule has 0 aromatic carbocycles. The molecule has 4 nitrogen and oxygen atoms in total. The van der Waals surface area contributed by atoms with Crippen LogP contribution in [0.25, 0.3) is 0 Å². The van der Waals surface area contributed by atoms with Crippen LogP contribution in [0.4, 0.5) is 0 Å². The molecule has 1 saturated carbocycles. The SMILES string of the molecule is CCCCCC(O)CC=C1CCC(O)[C@@H]1CCCCCCC(=O)O. The first-order valence-corrected chi connectivity index (χ1v) is 9.81. The Balaban J connectivity index is 2.27. The predicted octanol–water partition coefficient (Wildman–Crippen LogP) is 4.44. The van der Waals surface area contributed by atoms with E-state index in [-0.39, 0.29) is 24.5 Å². The highest BCUT2D eigenvalue weighted by atomic mass is 16.4. The number of hydrogen-bond donors (Lipinski definition) is 3. The molecule has 0 aromatic heterocycles. The van der Waals surface area contributed by atoms with Crippen LogP contribution in [0.5, 0.6) is 0 Å². The van der Waals surface area contributed by atoms with Gasteiger partial charge in [0.2, 0.25) is 0 Å². The molecule has 0 heterocycles. The highest BCUT2D eigenvalue weighted by molar-refractivity contribution is 5.66. The first kappa shape index (κ1) is 21.2. The fourth-order valence-electron chi connectivity index (χ4n) is 3.61. The summed E-state index contributed by atoms with van der Waals surface area (Å²) >= 11 is 0. The molecule has 140 valence electrons. The van der Waals surface area contributed by atoms with Crippen LogP contribution in [0.15, 0.2) is 11.6 Å². The Kier molecular flexibility index (Phi) is 11.0. The van der Waals surface area contributed by atoms with Crippen LogP contribution in [-0.2, 0) is 4.79 Å². The van der Waals surface area contributed by atoms with Gasteiger partial charge in [-0.3, -0.25) is 4.79 Å². The van der Waals surface area contributed by atoms with E-state index < -0.39 is 5.97 Å². The molecule has 0 aliphatic heterocycles. The van der Waals surface area contributed by atoms with Crippen LogP contribution in [0.2, 0.25) is 0 Å². The van der Waals surface area contributed by atoms with Crippen molar-refractivity contribution in [2.24, 2.45) is 5.92 Å². The van der Waals surface area contributed by atoms with Crippen LogP contribution >= 0.6 is 0 Å². The van der Waals surface area contributed by atoms with E-state index in [9.17, 15) is 15.0 Å². The van der Waals surface area contributed by atoms with Gasteiger partial charge in [-0.25, -0.2) is 0 Å². The maximum Gasteiger partial charge on any atom is 0.303 e. The molecular formula is C20H36O4. The Labute approximate surface area is 147 Å². The van der Waals surface area contributed by atoms with E-state index in [4.69, 9.17) is 5.11 Å². The highest BCUT2D eigenvalue weighted by Gasteiger charge is 2.29. The molecule has 1 aliphatic rings. The van der Waals surface area contributed by atoms with E-state index >= 15 is 0 Å². The van der Waals surface area contributed by atoms with Crippen LogP contribution in [-0.4, -0.2) is 33.5 Å². The number of carbonyl (C=O) groups is 1. The van der Waals surface area contributed by atoms with E-state index in [1.54, 1.807) is 0 Å². The van der Waals surface area contributed by atoms with Crippen LogP contribution in [0.3, 0.4) is 0 Å². The minimum Gasteiger partial charge on any atom is -0.481 e. The van der Waals surface area contributed by atoms with Crippen molar-refractivity contribution in [3.05, 3.63) is 11.6 Å². The summed E-state index contributed by atoms with van der Waals surface area (Å²) in [5, 5.41) is 28.9. The molecule has 2 unspecified atom stereocenters. The molecule has 1 rings (SSSR count). The Bertz CT molecular complexity index is 378. The van der Waals surface area contributed by atoms with Gasteiger partial charge in [0.25, 0.3) is 0 Å². The van der Waals surface area contributed by atoms with Crippen molar-refractivity contribution in [1.82, 2.24) is 0 Å². The molecule has 0 aromatic rings. The lowest BCUT2D eigenvalue weighted by Crippen LogP contribution is -2.14. The van der Waals surface area contributed by atoms with E-state index in [0.717, 1.165) is 57.8 Å². The van der Waals surface area contributed by atoms with E-state index in [0.29, 0.717) is 6.42 Å². The summed E-state index contributed by atoms with van der Waals surface area (Å²) in [6, 6.07) is 0. The third-order valence-corrected chi connectivity index (χ3v) is 5.12. The molecule has 24 heavy (non-hydrogen) atoms. The monoisotopic (exact) mass is 340 g/mol. The Hall–Kier alpha value is -0.870. The van der Waals surface area contributed by atoms with Gasteiger partial charge in [0.1, 0.15) is 0 Å². The number of hydrogen-bond acceptors (Lipinski definition) is 3. The van der Waals surface area contributed by atoms with Gasteiger partial charge in [-0.2, -0.15) is 0 Å². The molecule has 0 saturated heterocycles. The second-order valence-corrected chi connectivity index (χ2v) is 7.22. The zero-order chi connectivity index (χ0) is 17.8. The fourth-order valence-corrected chi connectivity index (χ4v) is 3.61. The molecule has 0 radical (unpaired) electrons. The average Bonchev–Trinajstić information content (AvgIpc) is 2.89. The van der Waals surface area contributed by atoms with Gasteiger partial charge >= 0.3 is 5.97 Å². The quantitative estimate of drug-likeness (QED) is 0.342. The third-order valence-electron chi connectivity index (χ3n) is 5.12. The number of unbranched alkanes of at least 4 members (excludes halogenated alkanes) is 5. The van der Waals surface area contributed by atoms with Crippen LogP contribution < -0.4 is 0 Å². The van der Waals surface area contributed by atoms with Gasteiger partial charge in [0.15, 0.2) is 0 Å². The van der Waals surface area contributed by atoms with E-state index in [1.165, 1.54) is 18.4 Å². The maximum absolute atomic E-state index is 10.5. The minimum atomic E-state index is -0.719. The van der Waals surface area contributed by atoms with Crippen molar-refractivity contribution in [3.8, 4) is 0 Å². The maximum atomic E-state index is 10.5.